The summed E-state index contributed by atoms with van der Waals surface area (Å²) in [7, 11) is 0. The smallest absolute Gasteiger partial charge is 0.0436 e. The Labute approximate surface area is 70.8 Å². The maximum absolute atomic E-state index is 8.83. The van der Waals surface area contributed by atoms with Crippen LogP contribution in [0.2, 0.25) is 0 Å². The van der Waals surface area contributed by atoms with Crippen LogP contribution in [0, 0.1) is 5.41 Å². The lowest BCUT2D eigenvalue weighted by Crippen LogP contribution is -2.16. The number of unbranched alkanes of at least 4 members (excludes halogenated alkanes) is 1. The average molecular weight is 158 g/mol. The summed E-state index contributed by atoms with van der Waals surface area (Å²) in [4.78, 5) is 0. The molecule has 1 unspecified atom stereocenters. The van der Waals surface area contributed by atoms with Gasteiger partial charge in [-0.15, -0.1) is 0 Å². The van der Waals surface area contributed by atoms with Crippen LogP contribution < -0.4 is 0 Å². The van der Waals surface area contributed by atoms with E-state index in [2.05, 4.69) is 20.8 Å². The van der Waals surface area contributed by atoms with Crippen molar-refractivity contribution in [1.82, 2.24) is 0 Å². The van der Waals surface area contributed by atoms with Crippen LogP contribution in [0.25, 0.3) is 0 Å². The summed E-state index contributed by atoms with van der Waals surface area (Å²) >= 11 is 0. The third kappa shape index (κ3) is 4.41. The van der Waals surface area contributed by atoms with Crippen molar-refractivity contribution in [2.75, 3.05) is 6.61 Å². The highest BCUT2D eigenvalue weighted by Crippen LogP contribution is 2.31. The number of aliphatic hydroxyl groups is 1. The first-order valence-electron chi connectivity index (χ1n) is 4.79. The molecule has 0 aromatic heterocycles. The minimum Gasteiger partial charge on any atom is -0.396 e. The molecule has 0 aliphatic carbocycles. The molecule has 0 aliphatic heterocycles. The van der Waals surface area contributed by atoms with Crippen LogP contribution in [-0.4, -0.2) is 11.7 Å². The summed E-state index contributed by atoms with van der Waals surface area (Å²) in [5, 5.41) is 8.83. The van der Waals surface area contributed by atoms with Crippen molar-refractivity contribution >= 4 is 0 Å². The Kier molecular flexibility index (Phi) is 5.57. The maximum Gasteiger partial charge on any atom is 0.0436 e. The van der Waals surface area contributed by atoms with E-state index in [1.165, 1.54) is 25.7 Å². The molecule has 11 heavy (non-hydrogen) atoms. The van der Waals surface area contributed by atoms with Gasteiger partial charge >= 0.3 is 0 Å². The summed E-state index contributed by atoms with van der Waals surface area (Å²) in [6.45, 7) is 7.05. The molecule has 0 aromatic rings. The highest BCUT2D eigenvalue weighted by atomic mass is 16.3. The average Bonchev–Trinajstić information content (AvgIpc) is 2.02. The van der Waals surface area contributed by atoms with E-state index in [0.717, 1.165) is 6.42 Å². The van der Waals surface area contributed by atoms with Gasteiger partial charge in [-0.3, -0.25) is 0 Å². The van der Waals surface area contributed by atoms with E-state index in [0.29, 0.717) is 12.0 Å². The third-order valence-electron chi connectivity index (χ3n) is 2.70. The lowest BCUT2D eigenvalue weighted by atomic mass is 9.80. The van der Waals surface area contributed by atoms with Crippen molar-refractivity contribution in [2.24, 2.45) is 5.41 Å². The molecule has 0 rings (SSSR count). The van der Waals surface area contributed by atoms with Gasteiger partial charge < -0.3 is 5.11 Å². The van der Waals surface area contributed by atoms with Crippen molar-refractivity contribution < 1.29 is 5.11 Å². The van der Waals surface area contributed by atoms with Gasteiger partial charge in [0.05, 0.1) is 0 Å². The van der Waals surface area contributed by atoms with Gasteiger partial charge in [-0.1, -0.05) is 40.0 Å². The van der Waals surface area contributed by atoms with E-state index in [9.17, 15) is 0 Å². The zero-order valence-electron chi connectivity index (χ0n) is 8.19. The van der Waals surface area contributed by atoms with Crippen molar-refractivity contribution in [1.29, 1.82) is 0 Å². The number of aliphatic hydroxyl groups excluding tert-OH is 1. The fraction of sp³-hybridized carbons (Fsp3) is 1.00. The zero-order valence-corrected chi connectivity index (χ0v) is 8.19. The molecule has 0 bridgehead atoms. The van der Waals surface area contributed by atoms with E-state index in [1.807, 2.05) is 0 Å². The van der Waals surface area contributed by atoms with Gasteiger partial charge in [-0.05, 0) is 18.3 Å². The van der Waals surface area contributed by atoms with Crippen LogP contribution in [0.1, 0.15) is 52.9 Å². The van der Waals surface area contributed by atoms with Gasteiger partial charge in [0, 0.05) is 6.61 Å². The van der Waals surface area contributed by atoms with Gasteiger partial charge in [0.15, 0.2) is 0 Å². The number of rotatable bonds is 6. The molecule has 0 saturated heterocycles. The minimum absolute atomic E-state index is 0.341. The van der Waals surface area contributed by atoms with E-state index >= 15 is 0 Å². The summed E-state index contributed by atoms with van der Waals surface area (Å²) < 4.78 is 0. The highest BCUT2D eigenvalue weighted by Gasteiger charge is 2.19. The van der Waals surface area contributed by atoms with Gasteiger partial charge in [-0.25, -0.2) is 0 Å². The second kappa shape index (κ2) is 5.59. The second-order valence-corrected chi connectivity index (χ2v) is 3.74. The van der Waals surface area contributed by atoms with Crippen LogP contribution in [0.4, 0.5) is 0 Å². The van der Waals surface area contributed by atoms with Crippen molar-refractivity contribution in [3.63, 3.8) is 0 Å². The Balaban J connectivity index is 3.68. The monoisotopic (exact) mass is 158 g/mol. The molecule has 1 atom stereocenters. The molecule has 0 aliphatic rings. The van der Waals surface area contributed by atoms with Crippen LogP contribution >= 0.6 is 0 Å². The SMILES string of the molecule is CCCCC(C)(CC)CCO. The molecule has 0 heterocycles. The molecule has 0 saturated carbocycles. The molecule has 0 radical (unpaired) electrons. The maximum atomic E-state index is 8.83. The van der Waals surface area contributed by atoms with Crippen LogP contribution in [0.5, 0.6) is 0 Å². The first-order chi connectivity index (χ1) is 5.18. The topological polar surface area (TPSA) is 20.2 Å². The molecule has 0 fully saturated rings. The summed E-state index contributed by atoms with van der Waals surface area (Å²) in [5.41, 5.74) is 0.394. The highest BCUT2D eigenvalue weighted by molar-refractivity contribution is 4.71. The lowest BCUT2D eigenvalue weighted by molar-refractivity contribution is 0.177. The fourth-order valence-electron chi connectivity index (χ4n) is 1.35. The van der Waals surface area contributed by atoms with E-state index < -0.39 is 0 Å². The lowest BCUT2D eigenvalue weighted by Gasteiger charge is -2.27. The Hall–Kier alpha value is -0.0400. The largest absolute Gasteiger partial charge is 0.396 e. The summed E-state index contributed by atoms with van der Waals surface area (Å²) in [5.74, 6) is 0. The first-order valence-corrected chi connectivity index (χ1v) is 4.79. The number of hydrogen-bond acceptors (Lipinski definition) is 1. The Bertz CT molecular complexity index is 90.9. The Morgan fingerprint density at radius 3 is 2.18 bits per heavy atom. The number of hydrogen-bond donors (Lipinski definition) is 1. The molecule has 1 N–H and O–H groups in total. The second-order valence-electron chi connectivity index (χ2n) is 3.74. The standard InChI is InChI=1S/C10H22O/c1-4-6-7-10(3,5-2)8-9-11/h11H,4-9H2,1-3H3. The molecular weight excluding hydrogens is 136 g/mol. The molecule has 1 nitrogen and oxygen atoms in total. The van der Waals surface area contributed by atoms with Crippen molar-refractivity contribution in [3.8, 4) is 0 Å². The van der Waals surface area contributed by atoms with E-state index in [4.69, 9.17) is 5.11 Å². The predicted octanol–water partition coefficient (Wildman–Crippen LogP) is 2.98. The van der Waals surface area contributed by atoms with Gasteiger partial charge in [0.2, 0.25) is 0 Å². The Morgan fingerprint density at radius 1 is 1.18 bits per heavy atom. The normalized spacial score (nSPS) is 16.4. The Morgan fingerprint density at radius 2 is 1.82 bits per heavy atom. The van der Waals surface area contributed by atoms with Crippen molar-refractivity contribution in [2.45, 2.75) is 52.9 Å². The van der Waals surface area contributed by atoms with Crippen LogP contribution in [0.3, 0.4) is 0 Å². The molecular formula is C10H22O. The quantitative estimate of drug-likeness (QED) is 0.630. The van der Waals surface area contributed by atoms with E-state index in [-0.39, 0.29) is 0 Å². The van der Waals surface area contributed by atoms with Gasteiger partial charge in [0.25, 0.3) is 0 Å². The zero-order chi connectivity index (χ0) is 8.74. The van der Waals surface area contributed by atoms with Crippen LogP contribution in [-0.2, 0) is 0 Å². The minimum atomic E-state index is 0.341. The molecule has 0 amide bonds. The molecule has 0 aromatic carbocycles. The van der Waals surface area contributed by atoms with Gasteiger partial charge in [0.1, 0.15) is 0 Å². The van der Waals surface area contributed by atoms with E-state index in [1.54, 1.807) is 0 Å². The summed E-state index contributed by atoms with van der Waals surface area (Å²) in [6.07, 6.45) is 5.98. The summed E-state index contributed by atoms with van der Waals surface area (Å²) in [6, 6.07) is 0. The predicted molar refractivity (Wildman–Crippen MR) is 49.6 cm³/mol. The molecule has 0 spiro atoms. The fourth-order valence-corrected chi connectivity index (χ4v) is 1.35. The first kappa shape index (κ1) is 11.0. The van der Waals surface area contributed by atoms with Crippen molar-refractivity contribution in [3.05, 3.63) is 0 Å². The van der Waals surface area contributed by atoms with Gasteiger partial charge in [-0.2, -0.15) is 0 Å². The third-order valence-corrected chi connectivity index (χ3v) is 2.70. The molecule has 68 valence electrons. The van der Waals surface area contributed by atoms with Crippen LogP contribution in [0.15, 0.2) is 0 Å². The molecule has 1 heteroatoms.